The molecule has 1 aromatic carbocycles. The maximum atomic E-state index is 11.0. The predicted molar refractivity (Wildman–Crippen MR) is 67.0 cm³/mol. The van der Waals surface area contributed by atoms with E-state index in [4.69, 9.17) is 10.5 Å². The standard InChI is InChI=1S/C12H14N2O5/c1-18-12(17)19-10-4-7-6(9(16)5-13)2-3-8(15)11(7)14-10/h2-4,9,14-16H,5,13H2,1H3. The number of benzene rings is 1. The fraction of sp³-hybridized carbons (Fsp3) is 0.250. The number of hydrogen-bond acceptors (Lipinski definition) is 6. The Kier molecular flexibility index (Phi) is 3.59. The zero-order valence-electron chi connectivity index (χ0n) is 10.2. The summed E-state index contributed by atoms with van der Waals surface area (Å²) in [6, 6.07) is 4.47. The third-order valence-corrected chi connectivity index (χ3v) is 2.72. The van der Waals surface area contributed by atoms with Gasteiger partial charge in [0.2, 0.25) is 5.88 Å². The summed E-state index contributed by atoms with van der Waals surface area (Å²) in [6.07, 6.45) is -1.75. The minimum absolute atomic E-state index is 0.0253. The summed E-state index contributed by atoms with van der Waals surface area (Å²) in [7, 11) is 1.19. The van der Waals surface area contributed by atoms with Gasteiger partial charge < -0.3 is 30.4 Å². The SMILES string of the molecule is COC(=O)Oc1cc2c(C(O)CN)ccc(O)c2[nH]1. The lowest BCUT2D eigenvalue weighted by molar-refractivity contribution is 0.120. The number of aliphatic hydroxyl groups excluding tert-OH is 1. The molecule has 1 atom stereocenters. The van der Waals surface area contributed by atoms with Crippen LogP contribution in [0.15, 0.2) is 18.2 Å². The van der Waals surface area contributed by atoms with Crippen molar-refractivity contribution in [2.24, 2.45) is 5.73 Å². The first-order chi connectivity index (χ1) is 9.06. The van der Waals surface area contributed by atoms with Gasteiger partial charge in [0, 0.05) is 18.0 Å². The molecule has 1 aromatic heterocycles. The van der Waals surface area contributed by atoms with E-state index in [1.54, 1.807) is 6.07 Å². The summed E-state index contributed by atoms with van der Waals surface area (Å²) in [5.41, 5.74) is 6.30. The number of nitrogens with two attached hydrogens (primary N) is 1. The number of phenols is 1. The van der Waals surface area contributed by atoms with E-state index in [1.165, 1.54) is 19.2 Å². The minimum Gasteiger partial charge on any atom is -0.506 e. The van der Waals surface area contributed by atoms with Crippen LogP contribution in [0.2, 0.25) is 0 Å². The van der Waals surface area contributed by atoms with Crippen molar-refractivity contribution in [2.45, 2.75) is 6.10 Å². The van der Waals surface area contributed by atoms with Gasteiger partial charge in [-0.2, -0.15) is 0 Å². The maximum absolute atomic E-state index is 11.0. The lowest BCUT2D eigenvalue weighted by Gasteiger charge is -2.09. The van der Waals surface area contributed by atoms with E-state index in [2.05, 4.69) is 9.72 Å². The van der Waals surface area contributed by atoms with Gasteiger partial charge in [0.05, 0.1) is 18.7 Å². The zero-order valence-corrected chi connectivity index (χ0v) is 10.2. The van der Waals surface area contributed by atoms with Gasteiger partial charge in [-0.1, -0.05) is 6.07 Å². The van der Waals surface area contributed by atoms with Gasteiger partial charge in [0.15, 0.2) is 0 Å². The van der Waals surface area contributed by atoms with Crippen LogP contribution in [0.5, 0.6) is 11.6 Å². The molecule has 0 saturated heterocycles. The van der Waals surface area contributed by atoms with E-state index in [1.807, 2.05) is 0 Å². The first-order valence-corrected chi connectivity index (χ1v) is 5.55. The summed E-state index contributed by atoms with van der Waals surface area (Å²) in [5, 5.41) is 20.1. The third kappa shape index (κ3) is 2.47. The van der Waals surface area contributed by atoms with Gasteiger partial charge in [0.1, 0.15) is 5.75 Å². The number of rotatable bonds is 3. The Labute approximate surface area is 108 Å². The lowest BCUT2D eigenvalue weighted by atomic mass is 10.0. The second kappa shape index (κ2) is 5.17. The normalized spacial score (nSPS) is 12.4. The summed E-state index contributed by atoms with van der Waals surface area (Å²) in [6.45, 7) is 0.0399. The molecule has 0 fully saturated rings. The molecule has 2 rings (SSSR count). The van der Waals surface area contributed by atoms with E-state index in [0.29, 0.717) is 16.5 Å². The Morgan fingerprint density at radius 2 is 2.26 bits per heavy atom. The van der Waals surface area contributed by atoms with E-state index in [-0.39, 0.29) is 18.2 Å². The highest BCUT2D eigenvalue weighted by atomic mass is 16.7. The molecule has 7 heteroatoms. The highest BCUT2D eigenvalue weighted by Crippen LogP contribution is 2.33. The average Bonchev–Trinajstić information content (AvgIpc) is 2.82. The van der Waals surface area contributed by atoms with Gasteiger partial charge in [-0.25, -0.2) is 4.79 Å². The van der Waals surface area contributed by atoms with Crippen LogP contribution in [0.3, 0.4) is 0 Å². The largest absolute Gasteiger partial charge is 0.514 e. The van der Waals surface area contributed by atoms with Crippen molar-refractivity contribution >= 4 is 17.1 Å². The second-order valence-electron chi connectivity index (χ2n) is 3.90. The van der Waals surface area contributed by atoms with Crippen LogP contribution in [0.1, 0.15) is 11.7 Å². The monoisotopic (exact) mass is 266 g/mol. The Morgan fingerprint density at radius 1 is 1.53 bits per heavy atom. The van der Waals surface area contributed by atoms with Crippen LogP contribution >= 0.6 is 0 Å². The Bertz CT molecular complexity index is 607. The number of aliphatic hydroxyl groups is 1. The average molecular weight is 266 g/mol. The maximum Gasteiger partial charge on any atom is 0.514 e. The number of hydrogen-bond donors (Lipinski definition) is 4. The van der Waals surface area contributed by atoms with Gasteiger partial charge in [-0.15, -0.1) is 0 Å². The fourth-order valence-electron chi connectivity index (χ4n) is 1.81. The number of H-pyrrole nitrogens is 1. The van der Waals surface area contributed by atoms with Gasteiger partial charge in [0.25, 0.3) is 0 Å². The van der Waals surface area contributed by atoms with Crippen LogP contribution in [-0.4, -0.2) is 35.0 Å². The molecule has 0 radical (unpaired) electrons. The van der Waals surface area contributed by atoms with Crippen molar-refractivity contribution in [2.75, 3.05) is 13.7 Å². The van der Waals surface area contributed by atoms with Crippen LogP contribution in [0.4, 0.5) is 4.79 Å². The van der Waals surface area contributed by atoms with Crippen molar-refractivity contribution in [3.63, 3.8) is 0 Å². The number of nitrogens with one attached hydrogen (secondary N) is 1. The molecule has 7 nitrogen and oxygen atoms in total. The highest BCUT2D eigenvalue weighted by molar-refractivity contribution is 5.90. The molecule has 0 aliphatic rings. The molecule has 102 valence electrons. The van der Waals surface area contributed by atoms with Crippen molar-refractivity contribution < 1.29 is 24.5 Å². The molecule has 0 spiro atoms. The number of phenolic OH excluding ortho intramolecular Hbond substituents is 1. The molecule has 0 aliphatic heterocycles. The Morgan fingerprint density at radius 3 is 2.89 bits per heavy atom. The lowest BCUT2D eigenvalue weighted by Crippen LogP contribution is -2.11. The summed E-state index contributed by atoms with van der Waals surface area (Å²) < 4.78 is 9.20. The zero-order chi connectivity index (χ0) is 14.0. The van der Waals surface area contributed by atoms with Crippen molar-refractivity contribution in [3.05, 3.63) is 23.8 Å². The van der Waals surface area contributed by atoms with Gasteiger partial charge in [-0.3, -0.25) is 0 Å². The fourth-order valence-corrected chi connectivity index (χ4v) is 1.81. The number of carbonyl (C=O) groups excluding carboxylic acids is 1. The van der Waals surface area contributed by atoms with E-state index in [0.717, 1.165) is 0 Å². The molecule has 1 heterocycles. The summed E-state index contributed by atoms with van der Waals surface area (Å²) in [5.74, 6) is 0.0801. The van der Waals surface area contributed by atoms with E-state index >= 15 is 0 Å². The Hall–Kier alpha value is -2.25. The van der Waals surface area contributed by atoms with Gasteiger partial charge in [-0.05, 0) is 11.6 Å². The highest BCUT2D eigenvalue weighted by Gasteiger charge is 2.16. The molecule has 0 amide bonds. The third-order valence-electron chi connectivity index (χ3n) is 2.72. The molecule has 2 aromatic rings. The summed E-state index contributed by atoms with van der Waals surface area (Å²) >= 11 is 0. The number of carbonyl (C=O) groups is 1. The molecule has 0 bridgehead atoms. The van der Waals surface area contributed by atoms with Crippen LogP contribution in [0.25, 0.3) is 10.9 Å². The molecular weight excluding hydrogens is 252 g/mol. The van der Waals surface area contributed by atoms with Crippen molar-refractivity contribution in [1.82, 2.24) is 4.98 Å². The molecule has 5 N–H and O–H groups in total. The van der Waals surface area contributed by atoms with E-state index < -0.39 is 12.3 Å². The van der Waals surface area contributed by atoms with Crippen molar-refractivity contribution in [3.8, 4) is 11.6 Å². The first kappa shape index (κ1) is 13.2. The minimum atomic E-state index is -0.882. The number of ether oxygens (including phenoxy) is 2. The Balaban J connectivity index is 2.50. The first-order valence-electron chi connectivity index (χ1n) is 5.55. The smallest absolute Gasteiger partial charge is 0.506 e. The quantitative estimate of drug-likeness (QED) is 0.616. The number of aromatic nitrogens is 1. The van der Waals surface area contributed by atoms with Crippen LogP contribution in [-0.2, 0) is 4.74 Å². The van der Waals surface area contributed by atoms with Crippen LogP contribution < -0.4 is 10.5 Å². The number of fused-ring (bicyclic) bond motifs is 1. The molecular formula is C12H14N2O5. The van der Waals surface area contributed by atoms with E-state index in [9.17, 15) is 15.0 Å². The van der Waals surface area contributed by atoms with Crippen molar-refractivity contribution in [1.29, 1.82) is 0 Å². The number of aromatic hydroxyl groups is 1. The topological polar surface area (TPSA) is 118 Å². The summed E-state index contributed by atoms with van der Waals surface area (Å²) in [4.78, 5) is 13.7. The van der Waals surface area contributed by atoms with Gasteiger partial charge >= 0.3 is 6.16 Å². The molecule has 0 saturated carbocycles. The molecule has 1 unspecified atom stereocenters. The second-order valence-corrected chi connectivity index (χ2v) is 3.90. The molecule has 0 aliphatic carbocycles. The van der Waals surface area contributed by atoms with Crippen LogP contribution in [0, 0.1) is 0 Å². The number of aromatic amines is 1. The predicted octanol–water partition coefficient (Wildman–Crippen LogP) is 1.01. The molecule has 19 heavy (non-hydrogen) atoms. The number of methoxy groups -OCH3 is 1.